The number of carbonyl (C=O) groups excluding carboxylic acids is 2. The van der Waals surface area contributed by atoms with E-state index in [2.05, 4.69) is 11.1 Å². The topological polar surface area (TPSA) is 62.4 Å². The van der Waals surface area contributed by atoms with Gasteiger partial charge in [-0.2, -0.15) is 0 Å². The van der Waals surface area contributed by atoms with Crippen LogP contribution in [0.15, 0.2) is 60.8 Å². The lowest BCUT2D eigenvalue weighted by atomic mass is 10.1. The number of aromatic amines is 1. The second kappa shape index (κ2) is 9.61. The average Bonchev–Trinajstić information content (AvgIpc) is 3.21. The maximum Gasteiger partial charge on any atom is 0.306 e. The van der Waals surface area contributed by atoms with Crippen LogP contribution in [0.3, 0.4) is 0 Å². The third-order valence-electron chi connectivity index (χ3n) is 5.75. The first kappa shape index (κ1) is 20.2. The number of amides is 1. The molecule has 0 unspecified atom stereocenters. The smallest absolute Gasteiger partial charge is 0.306 e. The summed E-state index contributed by atoms with van der Waals surface area (Å²) in [4.78, 5) is 30.8. The number of likely N-dealkylation sites (tertiary alicyclic amines) is 1. The number of nitrogens with one attached hydrogen (secondary N) is 1. The van der Waals surface area contributed by atoms with Gasteiger partial charge in [0.2, 0.25) is 6.10 Å². The van der Waals surface area contributed by atoms with E-state index in [1.54, 1.807) is 0 Å². The molecule has 1 fully saturated rings. The number of piperidine rings is 1. The van der Waals surface area contributed by atoms with E-state index in [1.807, 2.05) is 59.6 Å². The van der Waals surface area contributed by atoms with Gasteiger partial charge in [0, 0.05) is 42.2 Å². The molecule has 156 valence electrons. The van der Waals surface area contributed by atoms with Crippen molar-refractivity contribution in [3.8, 4) is 0 Å². The zero-order valence-electron chi connectivity index (χ0n) is 17.2. The van der Waals surface area contributed by atoms with E-state index in [4.69, 9.17) is 4.74 Å². The molecule has 5 nitrogen and oxygen atoms in total. The van der Waals surface area contributed by atoms with Gasteiger partial charge in [0.25, 0.3) is 5.91 Å². The number of aryl methyl sites for hydroxylation is 1. The highest BCUT2D eigenvalue weighted by molar-refractivity contribution is 5.85. The maximum absolute atomic E-state index is 13.1. The number of ether oxygens (including phenoxy) is 1. The first-order valence-corrected chi connectivity index (χ1v) is 10.8. The Kier molecular flexibility index (Phi) is 6.47. The van der Waals surface area contributed by atoms with Gasteiger partial charge >= 0.3 is 5.97 Å². The predicted molar refractivity (Wildman–Crippen MR) is 117 cm³/mol. The molecule has 0 saturated carbocycles. The molecule has 4 rings (SSSR count). The molecule has 5 heteroatoms. The fourth-order valence-electron chi connectivity index (χ4n) is 4.12. The number of hydrogen-bond acceptors (Lipinski definition) is 3. The van der Waals surface area contributed by atoms with Gasteiger partial charge < -0.3 is 14.6 Å². The lowest BCUT2D eigenvalue weighted by Crippen LogP contribution is -2.40. The van der Waals surface area contributed by atoms with Gasteiger partial charge in [-0.3, -0.25) is 9.59 Å². The number of hydrogen-bond donors (Lipinski definition) is 1. The van der Waals surface area contributed by atoms with Crippen molar-refractivity contribution in [2.24, 2.45) is 0 Å². The Morgan fingerprint density at radius 2 is 1.70 bits per heavy atom. The molecule has 1 atom stereocenters. The summed E-state index contributed by atoms with van der Waals surface area (Å²) in [6.45, 7) is 1.47. The van der Waals surface area contributed by atoms with E-state index in [1.165, 1.54) is 10.9 Å². The zero-order valence-corrected chi connectivity index (χ0v) is 17.2. The van der Waals surface area contributed by atoms with Crippen molar-refractivity contribution >= 4 is 22.8 Å². The van der Waals surface area contributed by atoms with E-state index in [0.717, 1.165) is 49.9 Å². The van der Waals surface area contributed by atoms with E-state index in [0.29, 0.717) is 6.42 Å². The summed E-state index contributed by atoms with van der Waals surface area (Å²) in [6, 6.07) is 17.5. The number of aromatic nitrogens is 1. The number of fused-ring (bicyclic) bond motifs is 1. The molecule has 1 aromatic heterocycles. The second-order valence-electron chi connectivity index (χ2n) is 7.88. The van der Waals surface area contributed by atoms with E-state index >= 15 is 0 Å². The van der Waals surface area contributed by atoms with Crippen molar-refractivity contribution in [3.05, 3.63) is 71.9 Å². The summed E-state index contributed by atoms with van der Waals surface area (Å²) in [6.07, 6.45) is 6.06. The Morgan fingerprint density at radius 3 is 2.50 bits per heavy atom. The standard InChI is InChI=1S/C25H28N2O3/c28-23(15-9-12-20-18-26-22-14-6-5-13-21(20)22)30-24(19-10-3-1-4-11-19)25(29)27-16-7-2-8-17-27/h1,3-6,10-11,13-14,18,24,26H,2,7-9,12,15-17H2/t24-/m1/s1. The van der Waals surface area contributed by atoms with Crippen molar-refractivity contribution in [1.82, 2.24) is 9.88 Å². The molecule has 0 bridgehead atoms. The molecule has 0 radical (unpaired) electrons. The Balaban J connectivity index is 1.38. The minimum Gasteiger partial charge on any atom is -0.447 e. The van der Waals surface area contributed by atoms with Crippen molar-refractivity contribution < 1.29 is 14.3 Å². The van der Waals surface area contributed by atoms with Crippen LogP contribution >= 0.6 is 0 Å². The quantitative estimate of drug-likeness (QED) is 0.576. The Labute approximate surface area is 177 Å². The normalized spacial score (nSPS) is 15.1. The molecule has 1 N–H and O–H groups in total. The number of rotatable bonds is 7. The fourth-order valence-corrected chi connectivity index (χ4v) is 4.12. The third kappa shape index (κ3) is 4.73. The molecule has 1 saturated heterocycles. The van der Waals surface area contributed by atoms with Crippen molar-refractivity contribution in [3.63, 3.8) is 0 Å². The van der Waals surface area contributed by atoms with Crippen LogP contribution in [0.4, 0.5) is 0 Å². The maximum atomic E-state index is 13.1. The van der Waals surface area contributed by atoms with Gasteiger partial charge in [-0.25, -0.2) is 0 Å². The van der Waals surface area contributed by atoms with E-state index in [-0.39, 0.29) is 18.3 Å². The molecular weight excluding hydrogens is 376 g/mol. The average molecular weight is 405 g/mol. The summed E-state index contributed by atoms with van der Waals surface area (Å²) >= 11 is 0. The monoisotopic (exact) mass is 404 g/mol. The molecular formula is C25H28N2O3. The summed E-state index contributed by atoms with van der Waals surface area (Å²) in [5, 5.41) is 1.19. The minimum absolute atomic E-state index is 0.106. The number of para-hydroxylation sites is 1. The highest BCUT2D eigenvalue weighted by atomic mass is 16.5. The second-order valence-corrected chi connectivity index (χ2v) is 7.88. The van der Waals surface area contributed by atoms with Crippen LogP contribution in [0.1, 0.15) is 49.3 Å². The lowest BCUT2D eigenvalue weighted by molar-refractivity contribution is -0.161. The number of H-pyrrole nitrogens is 1. The van der Waals surface area contributed by atoms with Crippen molar-refractivity contribution in [1.29, 1.82) is 0 Å². The van der Waals surface area contributed by atoms with Crippen molar-refractivity contribution in [2.45, 2.75) is 44.6 Å². The minimum atomic E-state index is -0.857. The summed E-state index contributed by atoms with van der Waals surface area (Å²) < 4.78 is 5.72. The summed E-state index contributed by atoms with van der Waals surface area (Å²) in [7, 11) is 0. The predicted octanol–water partition coefficient (Wildman–Crippen LogP) is 4.79. The first-order valence-electron chi connectivity index (χ1n) is 10.8. The van der Waals surface area contributed by atoms with Gasteiger partial charge in [0.1, 0.15) is 0 Å². The number of esters is 1. The molecule has 2 aromatic carbocycles. The molecule has 1 aliphatic heterocycles. The van der Waals surface area contributed by atoms with Crippen LogP contribution in [0, 0.1) is 0 Å². The van der Waals surface area contributed by atoms with Crippen LogP contribution in [0.25, 0.3) is 10.9 Å². The number of nitrogens with zero attached hydrogens (tertiary/aromatic N) is 1. The van der Waals surface area contributed by atoms with Gasteiger partial charge in [-0.15, -0.1) is 0 Å². The number of benzene rings is 2. The SMILES string of the molecule is O=C(CCCc1c[nH]c2ccccc12)O[C@@H](C(=O)N1CCCCC1)c1ccccc1. The van der Waals surface area contributed by atoms with E-state index < -0.39 is 6.10 Å². The van der Waals surface area contributed by atoms with Crippen LogP contribution in [-0.2, 0) is 20.7 Å². The highest BCUT2D eigenvalue weighted by Gasteiger charge is 2.30. The Hall–Kier alpha value is -3.08. The third-order valence-corrected chi connectivity index (χ3v) is 5.75. The molecule has 0 aliphatic carbocycles. The van der Waals surface area contributed by atoms with Crippen LogP contribution in [0.5, 0.6) is 0 Å². The molecule has 3 aromatic rings. The molecule has 0 spiro atoms. The molecule has 30 heavy (non-hydrogen) atoms. The zero-order chi connectivity index (χ0) is 20.8. The van der Waals surface area contributed by atoms with Gasteiger partial charge in [-0.05, 0) is 43.7 Å². The van der Waals surface area contributed by atoms with Gasteiger partial charge in [0.05, 0.1) is 0 Å². The van der Waals surface area contributed by atoms with Crippen LogP contribution in [0.2, 0.25) is 0 Å². The van der Waals surface area contributed by atoms with Gasteiger partial charge in [-0.1, -0.05) is 48.5 Å². The van der Waals surface area contributed by atoms with Crippen LogP contribution < -0.4 is 0 Å². The summed E-state index contributed by atoms with van der Waals surface area (Å²) in [5.74, 6) is -0.431. The molecule has 2 heterocycles. The van der Waals surface area contributed by atoms with Crippen molar-refractivity contribution in [2.75, 3.05) is 13.1 Å². The van der Waals surface area contributed by atoms with Gasteiger partial charge in [0.15, 0.2) is 0 Å². The Bertz CT molecular complexity index is 990. The Morgan fingerprint density at radius 1 is 0.967 bits per heavy atom. The highest BCUT2D eigenvalue weighted by Crippen LogP contribution is 2.24. The fraction of sp³-hybridized carbons (Fsp3) is 0.360. The van der Waals surface area contributed by atoms with E-state index in [9.17, 15) is 9.59 Å². The lowest BCUT2D eigenvalue weighted by Gasteiger charge is -2.30. The first-order chi connectivity index (χ1) is 14.7. The summed E-state index contributed by atoms with van der Waals surface area (Å²) in [5.41, 5.74) is 3.03. The van der Waals surface area contributed by atoms with Crippen LogP contribution in [-0.4, -0.2) is 34.8 Å². The number of carbonyl (C=O) groups is 2. The molecule has 1 amide bonds. The largest absolute Gasteiger partial charge is 0.447 e. The molecule has 1 aliphatic rings.